The van der Waals surface area contributed by atoms with E-state index in [1.165, 1.54) is 23.6 Å². The summed E-state index contributed by atoms with van der Waals surface area (Å²) < 4.78 is 15.1. The van der Waals surface area contributed by atoms with E-state index in [9.17, 15) is 0 Å². The van der Waals surface area contributed by atoms with Crippen molar-refractivity contribution >= 4 is 46.5 Å². The average Bonchev–Trinajstić information content (AvgIpc) is 2.51. The van der Waals surface area contributed by atoms with Crippen LogP contribution < -0.4 is 13.9 Å². The molecule has 4 heteroatoms. The van der Waals surface area contributed by atoms with E-state index >= 15 is 0 Å². The van der Waals surface area contributed by atoms with Crippen LogP contribution in [0.1, 0.15) is 11.1 Å². The zero-order valence-corrected chi connectivity index (χ0v) is 15.7. The summed E-state index contributed by atoms with van der Waals surface area (Å²) in [5.41, 5.74) is 2.52. The van der Waals surface area contributed by atoms with E-state index in [1.807, 2.05) is 12.1 Å². The summed E-state index contributed by atoms with van der Waals surface area (Å²) in [7, 11) is 1.70. The fourth-order valence-electron chi connectivity index (χ4n) is 2.17. The minimum atomic E-state index is 0.273. The van der Waals surface area contributed by atoms with Crippen LogP contribution in [0.15, 0.2) is 46.0 Å². The van der Waals surface area contributed by atoms with Crippen LogP contribution >= 0.6 is 22.6 Å². The van der Waals surface area contributed by atoms with Crippen LogP contribution in [0.3, 0.4) is 0 Å². The van der Waals surface area contributed by atoms with E-state index in [-0.39, 0.29) is 15.0 Å². The molecule has 1 aliphatic heterocycles. The summed E-state index contributed by atoms with van der Waals surface area (Å²) in [5, 5.41) is 0. The van der Waals surface area contributed by atoms with E-state index in [4.69, 9.17) is 9.47 Å². The third-order valence-electron chi connectivity index (χ3n) is 3.26. The molecule has 2 aromatic rings. The molecule has 21 heavy (non-hydrogen) atoms. The van der Waals surface area contributed by atoms with Gasteiger partial charge in [-0.2, -0.15) is 0 Å². The number of ether oxygens (including phenoxy) is 2. The fraction of sp³-hybridized carbons (Fsp3) is 0.176. The standard InChI is InChI=1S/C17H15IO2Se/c1-11-3-8-16-14(9-11)17(15(18)10-20-16)21-13-6-4-12(19-2)5-7-13/h3-9H,10H2,1-2H3. The molecule has 0 unspecified atom stereocenters. The fourth-order valence-corrected chi connectivity index (χ4v) is 5.18. The summed E-state index contributed by atoms with van der Waals surface area (Å²) in [6.07, 6.45) is 0. The maximum atomic E-state index is 5.82. The Labute approximate surface area is 144 Å². The maximum absolute atomic E-state index is 5.82. The Balaban J connectivity index is 1.95. The van der Waals surface area contributed by atoms with E-state index in [0.29, 0.717) is 6.61 Å². The first-order valence-electron chi connectivity index (χ1n) is 6.62. The topological polar surface area (TPSA) is 18.5 Å². The molecule has 0 aliphatic carbocycles. The zero-order valence-electron chi connectivity index (χ0n) is 11.9. The van der Waals surface area contributed by atoms with Crippen LogP contribution in [0.25, 0.3) is 4.47 Å². The van der Waals surface area contributed by atoms with Gasteiger partial charge in [0.05, 0.1) is 0 Å². The van der Waals surface area contributed by atoms with Gasteiger partial charge in [0, 0.05) is 0 Å². The summed E-state index contributed by atoms with van der Waals surface area (Å²) >= 11 is 2.69. The van der Waals surface area contributed by atoms with Crippen LogP contribution in [-0.4, -0.2) is 28.7 Å². The zero-order chi connectivity index (χ0) is 14.8. The minimum absolute atomic E-state index is 0.273. The van der Waals surface area contributed by atoms with Crippen LogP contribution in [0.4, 0.5) is 0 Å². The molecule has 0 spiro atoms. The first-order chi connectivity index (χ1) is 10.2. The van der Waals surface area contributed by atoms with Gasteiger partial charge in [-0.3, -0.25) is 0 Å². The molecule has 0 fully saturated rings. The van der Waals surface area contributed by atoms with Gasteiger partial charge < -0.3 is 0 Å². The van der Waals surface area contributed by atoms with E-state index in [0.717, 1.165) is 11.5 Å². The van der Waals surface area contributed by atoms with Crippen molar-refractivity contribution in [2.75, 3.05) is 13.7 Å². The molecule has 0 bridgehead atoms. The van der Waals surface area contributed by atoms with Crippen molar-refractivity contribution in [3.05, 3.63) is 57.2 Å². The molecule has 3 rings (SSSR count). The third-order valence-corrected chi connectivity index (χ3v) is 7.41. The van der Waals surface area contributed by atoms with Gasteiger partial charge in [0.15, 0.2) is 0 Å². The Kier molecular flexibility index (Phi) is 4.57. The summed E-state index contributed by atoms with van der Waals surface area (Å²) in [6.45, 7) is 2.81. The molecular formula is C17H15IO2Se. The third kappa shape index (κ3) is 3.28. The van der Waals surface area contributed by atoms with Gasteiger partial charge in [-0.15, -0.1) is 0 Å². The Morgan fingerprint density at radius 2 is 1.90 bits per heavy atom. The Morgan fingerprint density at radius 3 is 2.62 bits per heavy atom. The number of halogens is 1. The first-order valence-corrected chi connectivity index (χ1v) is 9.41. The molecule has 0 N–H and O–H groups in total. The second-order valence-electron chi connectivity index (χ2n) is 4.80. The van der Waals surface area contributed by atoms with Crippen LogP contribution in [0, 0.1) is 6.92 Å². The number of benzene rings is 2. The average molecular weight is 457 g/mol. The van der Waals surface area contributed by atoms with E-state index < -0.39 is 0 Å². The van der Waals surface area contributed by atoms with E-state index in [2.05, 4.69) is 59.8 Å². The van der Waals surface area contributed by atoms with Gasteiger partial charge in [0.2, 0.25) is 0 Å². The molecule has 0 atom stereocenters. The van der Waals surface area contributed by atoms with Crippen molar-refractivity contribution in [1.29, 1.82) is 0 Å². The molecule has 2 nitrogen and oxygen atoms in total. The quantitative estimate of drug-likeness (QED) is 0.519. The van der Waals surface area contributed by atoms with Crippen molar-refractivity contribution in [2.24, 2.45) is 0 Å². The van der Waals surface area contributed by atoms with Gasteiger partial charge in [-0.1, -0.05) is 0 Å². The number of fused-ring (bicyclic) bond motifs is 1. The molecular weight excluding hydrogens is 442 g/mol. The number of aryl methyl sites for hydroxylation is 1. The molecule has 0 saturated carbocycles. The first kappa shape index (κ1) is 14.9. The normalized spacial score (nSPS) is 13.7. The number of methoxy groups -OCH3 is 1. The van der Waals surface area contributed by atoms with Crippen LogP contribution in [0.5, 0.6) is 11.5 Å². The Morgan fingerprint density at radius 1 is 1.14 bits per heavy atom. The predicted octanol–water partition coefficient (Wildman–Crippen LogP) is 3.53. The van der Waals surface area contributed by atoms with Gasteiger partial charge in [0.25, 0.3) is 0 Å². The van der Waals surface area contributed by atoms with Gasteiger partial charge in [-0.05, 0) is 0 Å². The van der Waals surface area contributed by atoms with Crippen molar-refractivity contribution in [3.63, 3.8) is 0 Å². The summed E-state index contributed by atoms with van der Waals surface area (Å²) in [5.74, 6) is 1.91. The summed E-state index contributed by atoms with van der Waals surface area (Å²) in [4.78, 5) is 0. The SMILES string of the molecule is COc1ccc([Se]C2=C(I)COc3ccc(C)cc32)cc1. The molecule has 0 amide bonds. The molecule has 0 saturated heterocycles. The number of hydrogen-bond donors (Lipinski definition) is 0. The molecule has 0 radical (unpaired) electrons. The van der Waals surface area contributed by atoms with Crippen LogP contribution in [0.2, 0.25) is 0 Å². The number of hydrogen-bond acceptors (Lipinski definition) is 2. The van der Waals surface area contributed by atoms with Gasteiger partial charge in [-0.25, -0.2) is 0 Å². The monoisotopic (exact) mass is 458 g/mol. The molecule has 1 aliphatic rings. The Hall–Kier alpha value is -0.971. The predicted molar refractivity (Wildman–Crippen MR) is 96.0 cm³/mol. The molecule has 108 valence electrons. The Bertz CT molecular complexity index is 692. The van der Waals surface area contributed by atoms with Crippen molar-refractivity contribution in [3.8, 4) is 11.5 Å². The second-order valence-corrected chi connectivity index (χ2v) is 8.38. The number of rotatable bonds is 3. The summed E-state index contributed by atoms with van der Waals surface area (Å²) in [6, 6.07) is 14.8. The molecule has 0 aromatic heterocycles. The van der Waals surface area contributed by atoms with Crippen molar-refractivity contribution in [1.82, 2.24) is 0 Å². The van der Waals surface area contributed by atoms with E-state index in [1.54, 1.807) is 7.11 Å². The van der Waals surface area contributed by atoms with Crippen LogP contribution in [-0.2, 0) is 0 Å². The van der Waals surface area contributed by atoms with Crippen molar-refractivity contribution < 1.29 is 9.47 Å². The van der Waals surface area contributed by atoms with Crippen molar-refractivity contribution in [2.45, 2.75) is 6.92 Å². The second kappa shape index (κ2) is 6.42. The van der Waals surface area contributed by atoms with Gasteiger partial charge in [0.1, 0.15) is 0 Å². The molecule has 1 heterocycles. The molecule has 2 aromatic carbocycles. The van der Waals surface area contributed by atoms with Gasteiger partial charge >= 0.3 is 145 Å².